The van der Waals surface area contributed by atoms with Crippen LogP contribution in [0.4, 0.5) is 40.9 Å². The van der Waals surface area contributed by atoms with E-state index in [2.05, 4.69) is 30.2 Å². The number of carbonyl (C=O) groups is 1. The summed E-state index contributed by atoms with van der Waals surface area (Å²) in [5.74, 6) is -9.97. The van der Waals surface area contributed by atoms with E-state index in [1.165, 1.54) is 31.4 Å². The topological polar surface area (TPSA) is 168 Å². The Morgan fingerprint density at radius 2 is 1.74 bits per heavy atom. The van der Waals surface area contributed by atoms with Crippen molar-refractivity contribution in [3.63, 3.8) is 0 Å². The van der Waals surface area contributed by atoms with Crippen LogP contribution in [0, 0.1) is 17.6 Å². The maximum absolute atomic E-state index is 15.5. The Morgan fingerprint density at radius 3 is 2.40 bits per heavy atom. The lowest BCUT2D eigenvalue weighted by atomic mass is 10.0. The second-order valence-electron chi connectivity index (χ2n) is 15.2. The summed E-state index contributed by atoms with van der Waals surface area (Å²) in [5.41, 5.74) is -4.12. The van der Waals surface area contributed by atoms with Gasteiger partial charge in [-0.1, -0.05) is 11.6 Å². The average molecular weight is 912 g/mol. The molecule has 0 aliphatic heterocycles. The maximum atomic E-state index is 15.5. The first-order chi connectivity index (χ1) is 29.4. The number of nitrogens with zero attached hydrogens (tertiary/aromatic N) is 7. The Balaban J connectivity index is 1.25. The van der Waals surface area contributed by atoms with Crippen molar-refractivity contribution in [2.75, 3.05) is 11.8 Å². The van der Waals surface area contributed by atoms with Crippen LogP contribution in [0.25, 0.3) is 27.6 Å². The Morgan fingerprint density at radius 1 is 1.02 bits per heavy atom. The van der Waals surface area contributed by atoms with Gasteiger partial charge in [-0.2, -0.15) is 24.0 Å². The quantitative estimate of drug-likeness (QED) is 0.113. The summed E-state index contributed by atoms with van der Waals surface area (Å²) in [6.07, 6.45) is -6.34. The molecular formula is C38H30ClF8N9O5S. The number of anilines is 1. The Hall–Kier alpha value is -5.84. The molecule has 1 amide bonds. The van der Waals surface area contributed by atoms with Crippen LogP contribution in [0.1, 0.15) is 66.0 Å². The van der Waals surface area contributed by atoms with Crippen LogP contribution in [0.3, 0.4) is 0 Å². The third-order valence-electron chi connectivity index (χ3n) is 11.0. The number of methoxy groups -OCH3 is 1. The number of nitrogens with one attached hydrogen (secondary N) is 2. The molecule has 2 N–H and O–H groups in total. The normalized spacial score (nSPS) is 18.4. The van der Waals surface area contributed by atoms with E-state index in [-0.39, 0.29) is 56.1 Å². The highest BCUT2D eigenvalue weighted by Gasteiger charge is 2.67. The molecule has 3 atom stereocenters. The Kier molecular flexibility index (Phi) is 9.98. The SMILES string of the molecule is COc1ccc2c(=O)n(-c3ccc(Cl)c4c(NS(=O)(=O)C5CC5)nn(CC(F)F)c34)c(C(Cc3cc(F)cc(F)c3)NC(=O)Cn3nc(C(F)F)c4c3C(F)(F)C3CC43)nc2n1. The summed E-state index contributed by atoms with van der Waals surface area (Å²) in [6.45, 7) is -2.22. The van der Waals surface area contributed by atoms with Gasteiger partial charge in [-0.05, 0) is 61.1 Å². The lowest BCUT2D eigenvalue weighted by molar-refractivity contribution is -0.123. The first kappa shape index (κ1) is 41.5. The zero-order valence-electron chi connectivity index (χ0n) is 31.7. The van der Waals surface area contributed by atoms with Crippen molar-refractivity contribution in [3.05, 3.63) is 97.8 Å². The smallest absolute Gasteiger partial charge is 0.293 e. The summed E-state index contributed by atoms with van der Waals surface area (Å²) in [7, 11) is -2.82. The van der Waals surface area contributed by atoms with E-state index in [9.17, 15) is 44.3 Å². The summed E-state index contributed by atoms with van der Waals surface area (Å²) in [4.78, 5) is 37.7. The van der Waals surface area contributed by atoms with Crippen molar-refractivity contribution in [1.82, 2.24) is 39.4 Å². The van der Waals surface area contributed by atoms with Crippen LogP contribution in [0.2, 0.25) is 5.02 Å². The highest BCUT2D eigenvalue weighted by molar-refractivity contribution is 7.93. The van der Waals surface area contributed by atoms with Gasteiger partial charge in [0.1, 0.15) is 41.9 Å². The first-order valence-corrected chi connectivity index (χ1v) is 20.8. The van der Waals surface area contributed by atoms with Gasteiger partial charge < -0.3 is 10.1 Å². The second-order valence-corrected chi connectivity index (χ2v) is 17.5. The molecule has 0 saturated heterocycles. The highest BCUT2D eigenvalue weighted by atomic mass is 35.5. The van der Waals surface area contributed by atoms with Crippen molar-refractivity contribution in [2.45, 2.75) is 74.8 Å². The number of aromatic nitrogens is 7. The number of sulfonamides is 1. The number of rotatable bonds is 14. The van der Waals surface area contributed by atoms with Crippen LogP contribution < -0.4 is 20.3 Å². The molecule has 3 aliphatic rings. The van der Waals surface area contributed by atoms with Gasteiger partial charge in [0.05, 0.1) is 45.4 Å². The van der Waals surface area contributed by atoms with Gasteiger partial charge >= 0.3 is 0 Å². The van der Waals surface area contributed by atoms with Gasteiger partial charge in [-0.25, -0.2) is 39.7 Å². The molecule has 6 aromatic rings. The van der Waals surface area contributed by atoms with E-state index in [0.717, 1.165) is 21.4 Å². The zero-order valence-corrected chi connectivity index (χ0v) is 33.3. The molecule has 2 saturated carbocycles. The van der Waals surface area contributed by atoms with Gasteiger partial charge in [0.25, 0.3) is 24.3 Å². The van der Waals surface area contributed by atoms with Crippen LogP contribution >= 0.6 is 11.6 Å². The summed E-state index contributed by atoms with van der Waals surface area (Å²) >= 11 is 6.60. The third kappa shape index (κ3) is 7.16. The van der Waals surface area contributed by atoms with E-state index >= 15 is 8.78 Å². The molecule has 3 unspecified atom stereocenters. The number of carbonyl (C=O) groups excluding carboxylic acids is 1. The van der Waals surface area contributed by atoms with Crippen LogP contribution in [-0.2, 0) is 40.3 Å². The van der Waals surface area contributed by atoms with Crippen LogP contribution in [0.5, 0.6) is 5.88 Å². The fourth-order valence-electron chi connectivity index (χ4n) is 8.15. The summed E-state index contributed by atoms with van der Waals surface area (Å²) < 4.78 is 153. The summed E-state index contributed by atoms with van der Waals surface area (Å²) in [5, 5.41) is 8.94. The lowest BCUT2D eigenvalue weighted by Crippen LogP contribution is -2.38. The van der Waals surface area contributed by atoms with Crippen LogP contribution in [0.15, 0.2) is 47.3 Å². The molecular weight excluding hydrogens is 882 g/mol. The van der Waals surface area contributed by atoms with Crippen molar-refractivity contribution in [2.24, 2.45) is 5.92 Å². The Labute approximate surface area is 348 Å². The number of benzene rings is 2. The number of halogens is 9. The lowest BCUT2D eigenvalue weighted by Gasteiger charge is -2.24. The molecule has 0 spiro atoms. The average Bonchev–Trinajstić information content (AvgIpc) is 4.11. The fraction of sp³-hybridized carbons (Fsp3) is 0.368. The number of ether oxygens (including phenoxy) is 1. The van der Waals surface area contributed by atoms with Crippen molar-refractivity contribution in [3.8, 4) is 11.6 Å². The third-order valence-corrected chi connectivity index (χ3v) is 13.1. The molecule has 326 valence electrons. The molecule has 2 aromatic carbocycles. The highest BCUT2D eigenvalue weighted by Crippen LogP contribution is 2.68. The number of fused-ring (bicyclic) bond motifs is 5. The zero-order chi connectivity index (χ0) is 44.2. The predicted octanol–water partition coefficient (Wildman–Crippen LogP) is 6.68. The van der Waals surface area contributed by atoms with E-state index in [4.69, 9.17) is 16.3 Å². The van der Waals surface area contributed by atoms with Gasteiger partial charge in [0.15, 0.2) is 11.5 Å². The molecule has 4 aromatic heterocycles. The second kappa shape index (κ2) is 14.9. The largest absolute Gasteiger partial charge is 0.481 e. The standard InChI is InChI=1S/C38H30ClF8N9O5S/c1-61-27-7-4-19-34(49-27)50-36(56(37(19)58)24-6-5-22(39)29-31(24)54(13-25(42)43)52-35(29)53-62(59,60)18-2-3-18)23(10-15-8-16(40)11-17(41)9-15)48-26(57)14-55-32-28(30(51-55)33(44)45)20-12-21(20)38(32,46)47/h4-9,11,18,20-21,23,25,33H,2-3,10,12-14H2,1H3,(H,48,57)(H,52,53). The molecule has 0 bridgehead atoms. The molecule has 9 rings (SSSR count). The Bertz CT molecular complexity index is 2990. The van der Waals surface area contributed by atoms with Crippen molar-refractivity contribution in [1.29, 1.82) is 0 Å². The minimum Gasteiger partial charge on any atom is -0.481 e. The predicted molar refractivity (Wildman–Crippen MR) is 204 cm³/mol. The molecule has 24 heteroatoms. The van der Waals surface area contributed by atoms with Gasteiger partial charge in [0.2, 0.25) is 21.8 Å². The van der Waals surface area contributed by atoms with E-state index in [1.807, 2.05) is 0 Å². The van der Waals surface area contributed by atoms with E-state index in [1.54, 1.807) is 0 Å². The molecule has 0 radical (unpaired) electrons. The summed E-state index contributed by atoms with van der Waals surface area (Å²) in [6, 6.07) is 5.66. The molecule has 3 aliphatic carbocycles. The van der Waals surface area contributed by atoms with Gasteiger partial charge in [0, 0.05) is 30.0 Å². The molecule has 4 heterocycles. The van der Waals surface area contributed by atoms with Crippen LogP contribution in [-0.4, -0.2) is 67.2 Å². The van der Waals surface area contributed by atoms with E-state index in [0.29, 0.717) is 23.6 Å². The molecule has 2 fully saturated rings. The minimum atomic E-state index is -4.08. The van der Waals surface area contributed by atoms with Gasteiger partial charge in [-0.3, -0.25) is 28.2 Å². The minimum absolute atomic E-state index is 0.0429. The number of pyridine rings is 1. The number of alkyl halides is 6. The number of amides is 1. The van der Waals surface area contributed by atoms with Crippen molar-refractivity contribution >= 4 is 55.3 Å². The molecule has 14 nitrogen and oxygen atoms in total. The van der Waals surface area contributed by atoms with Gasteiger partial charge in [-0.15, -0.1) is 0 Å². The monoisotopic (exact) mass is 911 g/mol. The first-order valence-electron chi connectivity index (χ1n) is 18.8. The molecule has 62 heavy (non-hydrogen) atoms. The fourth-order valence-corrected chi connectivity index (χ4v) is 9.72. The maximum Gasteiger partial charge on any atom is 0.293 e. The number of hydrogen-bond donors (Lipinski definition) is 2. The van der Waals surface area contributed by atoms with Crippen molar-refractivity contribution < 1.29 is 53.1 Å². The number of hydrogen-bond acceptors (Lipinski definition) is 9. The van der Waals surface area contributed by atoms with E-state index < -0.39 is 118 Å².